The van der Waals surface area contributed by atoms with Gasteiger partial charge in [0, 0.05) is 18.0 Å². The van der Waals surface area contributed by atoms with Gasteiger partial charge in [0.05, 0.1) is 31.2 Å². The van der Waals surface area contributed by atoms with E-state index in [2.05, 4.69) is 10.3 Å². The van der Waals surface area contributed by atoms with Crippen LogP contribution in [0.25, 0.3) is 0 Å². The maximum Gasteiger partial charge on any atom is 0.262 e. The molecule has 0 fully saturated rings. The van der Waals surface area contributed by atoms with Crippen LogP contribution in [0, 0.1) is 0 Å². The summed E-state index contributed by atoms with van der Waals surface area (Å²) in [4.78, 5) is 19.5. The Morgan fingerprint density at radius 3 is 2.56 bits per heavy atom. The Morgan fingerprint density at radius 1 is 1.00 bits per heavy atom. The summed E-state index contributed by atoms with van der Waals surface area (Å²) in [6, 6.07) is 18.5. The fraction of sp³-hybridized carbons (Fsp3) is 0.143. The maximum absolute atomic E-state index is 13.4. The van der Waals surface area contributed by atoms with Crippen molar-refractivity contribution < 1.29 is 14.3 Å². The van der Waals surface area contributed by atoms with Crippen molar-refractivity contribution in [2.24, 2.45) is 0 Å². The summed E-state index contributed by atoms with van der Waals surface area (Å²) in [5.41, 5.74) is 2.75. The fourth-order valence-corrected chi connectivity index (χ4v) is 3.23. The van der Waals surface area contributed by atoms with Gasteiger partial charge in [0.25, 0.3) is 5.91 Å². The Hall–Kier alpha value is -3.54. The van der Waals surface area contributed by atoms with Gasteiger partial charge in [-0.3, -0.25) is 14.7 Å². The van der Waals surface area contributed by atoms with E-state index < -0.39 is 6.17 Å². The summed E-state index contributed by atoms with van der Waals surface area (Å²) in [5, 5.41) is 3.43. The molecule has 4 rings (SSSR count). The highest BCUT2D eigenvalue weighted by Crippen LogP contribution is 2.41. The molecule has 1 amide bonds. The summed E-state index contributed by atoms with van der Waals surface area (Å²) in [5.74, 6) is 1.08. The van der Waals surface area contributed by atoms with Gasteiger partial charge in [-0.2, -0.15) is 0 Å². The van der Waals surface area contributed by atoms with E-state index in [9.17, 15) is 4.79 Å². The van der Waals surface area contributed by atoms with Gasteiger partial charge in [-0.15, -0.1) is 0 Å². The number of nitrogens with one attached hydrogen (secondary N) is 1. The van der Waals surface area contributed by atoms with E-state index in [0.29, 0.717) is 22.7 Å². The van der Waals surface area contributed by atoms with Crippen LogP contribution >= 0.6 is 0 Å². The SMILES string of the molecule is COc1ccc(N2C(=O)c3ccccc3N[C@H]2c2ccccn2)c(OC)c1. The number of nitrogens with zero attached hydrogens (tertiary/aromatic N) is 2. The first-order valence-corrected chi connectivity index (χ1v) is 8.55. The van der Waals surface area contributed by atoms with E-state index in [1.807, 2.05) is 48.5 Å². The van der Waals surface area contributed by atoms with Crippen LogP contribution in [-0.2, 0) is 0 Å². The van der Waals surface area contributed by atoms with E-state index in [1.165, 1.54) is 0 Å². The second-order valence-corrected chi connectivity index (χ2v) is 6.06. The fourth-order valence-electron chi connectivity index (χ4n) is 3.23. The molecule has 1 N–H and O–H groups in total. The highest BCUT2D eigenvalue weighted by atomic mass is 16.5. The Labute approximate surface area is 157 Å². The zero-order chi connectivity index (χ0) is 18.8. The zero-order valence-electron chi connectivity index (χ0n) is 15.0. The number of aromatic nitrogens is 1. The number of anilines is 2. The van der Waals surface area contributed by atoms with Crippen molar-refractivity contribution >= 4 is 17.3 Å². The monoisotopic (exact) mass is 361 g/mol. The molecule has 27 heavy (non-hydrogen) atoms. The normalized spacial score (nSPS) is 15.7. The van der Waals surface area contributed by atoms with Crippen molar-refractivity contribution in [3.8, 4) is 11.5 Å². The molecule has 2 heterocycles. The largest absolute Gasteiger partial charge is 0.497 e. The van der Waals surface area contributed by atoms with Crippen molar-refractivity contribution in [3.05, 3.63) is 78.1 Å². The Bertz CT molecular complexity index is 975. The average Bonchev–Trinajstić information content (AvgIpc) is 2.74. The van der Waals surface area contributed by atoms with Gasteiger partial charge >= 0.3 is 0 Å². The quantitative estimate of drug-likeness (QED) is 0.764. The summed E-state index contributed by atoms with van der Waals surface area (Å²) in [6.45, 7) is 0. The number of carbonyl (C=O) groups is 1. The number of hydrogen-bond donors (Lipinski definition) is 1. The van der Waals surface area contributed by atoms with Crippen LogP contribution in [0.3, 0.4) is 0 Å². The summed E-state index contributed by atoms with van der Waals surface area (Å²) >= 11 is 0. The van der Waals surface area contributed by atoms with Gasteiger partial charge in [-0.25, -0.2) is 0 Å². The number of benzene rings is 2. The molecule has 0 saturated carbocycles. The number of hydrogen-bond acceptors (Lipinski definition) is 5. The van der Waals surface area contributed by atoms with Crippen LogP contribution in [0.2, 0.25) is 0 Å². The summed E-state index contributed by atoms with van der Waals surface area (Å²) in [6.07, 6.45) is 1.25. The third-order valence-corrected chi connectivity index (χ3v) is 4.54. The van der Waals surface area contributed by atoms with Crippen LogP contribution in [-0.4, -0.2) is 25.1 Å². The highest BCUT2D eigenvalue weighted by Gasteiger charge is 2.36. The predicted molar refractivity (Wildman–Crippen MR) is 103 cm³/mol. The molecule has 0 saturated heterocycles. The molecule has 6 nitrogen and oxygen atoms in total. The lowest BCUT2D eigenvalue weighted by molar-refractivity contribution is 0.0973. The average molecular weight is 361 g/mol. The first kappa shape index (κ1) is 16.9. The van der Waals surface area contributed by atoms with Gasteiger partial charge in [0.1, 0.15) is 11.5 Å². The smallest absolute Gasteiger partial charge is 0.262 e. The van der Waals surface area contributed by atoms with E-state index in [0.717, 1.165) is 11.4 Å². The molecule has 1 atom stereocenters. The summed E-state index contributed by atoms with van der Waals surface area (Å²) < 4.78 is 10.8. The van der Waals surface area contributed by atoms with Gasteiger partial charge < -0.3 is 14.8 Å². The lowest BCUT2D eigenvalue weighted by atomic mass is 10.0. The van der Waals surface area contributed by atoms with Crippen molar-refractivity contribution in [1.82, 2.24) is 4.98 Å². The molecular weight excluding hydrogens is 342 g/mol. The number of carbonyl (C=O) groups excluding carboxylic acids is 1. The number of fused-ring (bicyclic) bond motifs is 1. The van der Waals surface area contributed by atoms with Crippen LogP contribution in [0.1, 0.15) is 22.2 Å². The minimum atomic E-state index is -0.462. The lowest BCUT2D eigenvalue weighted by Crippen LogP contribution is -2.43. The lowest BCUT2D eigenvalue weighted by Gasteiger charge is -2.38. The van der Waals surface area contributed by atoms with Crippen LogP contribution in [0.5, 0.6) is 11.5 Å². The van der Waals surface area contributed by atoms with Crippen LogP contribution in [0.4, 0.5) is 11.4 Å². The minimum absolute atomic E-state index is 0.122. The first-order chi connectivity index (χ1) is 13.2. The molecule has 3 aromatic rings. The van der Waals surface area contributed by atoms with Gasteiger partial charge in [-0.1, -0.05) is 18.2 Å². The molecule has 0 bridgehead atoms. The van der Waals surface area contributed by atoms with Crippen LogP contribution in [0.15, 0.2) is 66.9 Å². The molecule has 136 valence electrons. The second kappa shape index (κ2) is 6.99. The molecule has 1 aliphatic rings. The first-order valence-electron chi connectivity index (χ1n) is 8.55. The molecule has 0 aliphatic carbocycles. The zero-order valence-corrected chi connectivity index (χ0v) is 15.0. The summed E-state index contributed by atoms with van der Waals surface area (Å²) in [7, 11) is 3.17. The molecule has 6 heteroatoms. The van der Waals surface area contributed by atoms with Gasteiger partial charge in [0.15, 0.2) is 6.17 Å². The van der Waals surface area contributed by atoms with Crippen LogP contribution < -0.4 is 19.7 Å². The number of ether oxygens (including phenoxy) is 2. The predicted octanol–water partition coefficient (Wildman–Crippen LogP) is 3.87. The van der Waals surface area contributed by atoms with E-state index >= 15 is 0 Å². The third-order valence-electron chi connectivity index (χ3n) is 4.54. The molecule has 0 spiro atoms. The number of rotatable bonds is 4. The highest BCUT2D eigenvalue weighted by molar-refractivity contribution is 6.12. The van der Waals surface area contributed by atoms with E-state index in [4.69, 9.17) is 9.47 Å². The Morgan fingerprint density at radius 2 is 1.81 bits per heavy atom. The van der Waals surface area contributed by atoms with E-state index in [-0.39, 0.29) is 5.91 Å². The maximum atomic E-state index is 13.4. The van der Waals surface area contributed by atoms with E-state index in [1.54, 1.807) is 37.4 Å². The molecule has 1 aliphatic heterocycles. The molecule has 2 aromatic carbocycles. The second-order valence-electron chi connectivity index (χ2n) is 6.06. The Kier molecular flexibility index (Phi) is 4.38. The molecule has 1 aromatic heterocycles. The van der Waals surface area contributed by atoms with Crippen molar-refractivity contribution in [1.29, 1.82) is 0 Å². The minimum Gasteiger partial charge on any atom is -0.497 e. The third kappa shape index (κ3) is 2.95. The molecule has 0 radical (unpaired) electrons. The Balaban J connectivity index is 1.89. The van der Waals surface area contributed by atoms with Crippen molar-refractivity contribution in [2.45, 2.75) is 6.17 Å². The van der Waals surface area contributed by atoms with Crippen molar-refractivity contribution in [2.75, 3.05) is 24.4 Å². The van der Waals surface area contributed by atoms with Gasteiger partial charge in [0.2, 0.25) is 0 Å². The van der Waals surface area contributed by atoms with Gasteiger partial charge in [-0.05, 0) is 36.4 Å². The number of amides is 1. The number of methoxy groups -OCH3 is 2. The topological polar surface area (TPSA) is 63.7 Å². The number of pyridine rings is 1. The number of para-hydroxylation sites is 1. The van der Waals surface area contributed by atoms with Crippen molar-refractivity contribution in [3.63, 3.8) is 0 Å². The standard InChI is InChI=1S/C21H19N3O3/c1-26-14-10-11-18(19(13-14)27-2)24-20(17-9-5-6-12-22-17)23-16-8-4-3-7-15(16)21(24)25/h3-13,20,23H,1-2H3/t20-/m1/s1. The molecular formula is C21H19N3O3. The molecule has 0 unspecified atom stereocenters.